The summed E-state index contributed by atoms with van der Waals surface area (Å²) in [6, 6.07) is 7.04. The van der Waals surface area contributed by atoms with Gasteiger partial charge in [0.2, 0.25) is 0 Å². The van der Waals surface area contributed by atoms with Gasteiger partial charge in [-0.1, -0.05) is 29.8 Å². The van der Waals surface area contributed by atoms with Crippen molar-refractivity contribution >= 4 is 0 Å². The van der Waals surface area contributed by atoms with Crippen LogP contribution in [0.3, 0.4) is 0 Å². The van der Waals surface area contributed by atoms with Crippen LogP contribution in [0.15, 0.2) is 30.9 Å². The largest absolute Gasteiger partial charge is 0.314 e. The normalized spacial score (nSPS) is 18.9. The number of hydrogen-bond donors (Lipinski definition) is 1. The van der Waals surface area contributed by atoms with E-state index in [-0.39, 0.29) is 0 Å². The summed E-state index contributed by atoms with van der Waals surface area (Å²) in [5.41, 5.74) is 4.09. The Morgan fingerprint density at radius 1 is 1.29 bits per heavy atom. The van der Waals surface area contributed by atoms with E-state index in [1.54, 1.807) is 0 Å². The molecule has 1 atom stereocenters. The number of aryl methyl sites for hydroxylation is 2. The number of hydrogen-bond acceptors (Lipinski definition) is 2. The maximum atomic E-state index is 4.02. The minimum Gasteiger partial charge on any atom is -0.314 e. The summed E-state index contributed by atoms with van der Waals surface area (Å²) < 4.78 is 0. The summed E-state index contributed by atoms with van der Waals surface area (Å²) in [5, 5.41) is 3.40. The van der Waals surface area contributed by atoms with Crippen molar-refractivity contribution in [3.05, 3.63) is 47.5 Å². The summed E-state index contributed by atoms with van der Waals surface area (Å²) in [7, 11) is 0. The first kappa shape index (κ1) is 12.3. The van der Waals surface area contributed by atoms with Gasteiger partial charge < -0.3 is 5.32 Å². The molecule has 1 aliphatic heterocycles. The fourth-order valence-electron chi connectivity index (χ4n) is 2.51. The minimum absolute atomic E-state index is 0.358. The van der Waals surface area contributed by atoms with E-state index in [2.05, 4.69) is 54.9 Å². The van der Waals surface area contributed by atoms with Crippen LogP contribution in [-0.2, 0) is 0 Å². The lowest BCUT2D eigenvalue weighted by Gasteiger charge is -2.34. The third kappa shape index (κ3) is 2.76. The van der Waals surface area contributed by atoms with Crippen LogP contribution in [0.2, 0.25) is 0 Å². The second kappa shape index (κ2) is 5.48. The first-order chi connectivity index (χ1) is 8.22. The van der Waals surface area contributed by atoms with E-state index in [0.717, 1.165) is 26.2 Å². The highest BCUT2D eigenvalue weighted by Crippen LogP contribution is 2.26. The molecule has 1 N–H and O–H groups in total. The smallest absolute Gasteiger partial charge is 0.0532 e. The number of rotatable bonds is 3. The molecule has 0 aromatic heterocycles. The number of benzene rings is 1. The Morgan fingerprint density at radius 3 is 2.65 bits per heavy atom. The molecular formula is C15H22N2. The number of nitrogens with one attached hydrogen (secondary N) is 1. The molecule has 17 heavy (non-hydrogen) atoms. The monoisotopic (exact) mass is 230 g/mol. The Bertz CT molecular complexity index is 392. The van der Waals surface area contributed by atoms with Gasteiger partial charge in [-0.15, -0.1) is 6.58 Å². The molecule has 1 aliphatic rings. The highest BCUT2D eigenvalue weighted by Gasteiger charge is 2.20. The molecule has 2 nitrogen and oxygen atoms in total. The van der Waals surface area contributed by atoms with Gasteiger partial charge >= 0.3 is 0 Å². The molecular weight excluding hydrogens is 208 g/mol. The lowest BCUT2D eigenvalue weighted by Crippen LogP contribution is -2.44. The van der Waals surface area contributed by atoms with Crippen LogP contribution in [0.4, 0.5) is 0 Å². The van der Waals surface area contributed by atoms with E-state index in [1.807, 2.05) is 0 Å². The van der Waals surface area contributed by atoms with Crippen molar-refractivity contribution in [3.63, 3.8) is 0 Å². The zero-order chi connectivity index (χ0) is 12.3. The Labute approximate surface area is 104 Å². The van der Waals surface area contributed by atoms with E-state index in [1.165, 1.54) is 16.7 Å². The third-order valence-electron chi connectivity index (χ3n) is 3.52. The summed E-state index contributed by atoms with van der Waals surface area (Å²) in [6.07, 6.45) is 2.08. The van der Waals surface area contributed by atoms with Crippen molar-refractivity contribution in [3.8, 4) is 0 Å². The van der Waals surface area contributed by atoms with Crippen LogP contribution in [-0.4, -0.2) is 31.1 Å². The summed E-state index contributed by atoms with van der Waals surface area (Å²) in [4.78, 5) is 2.51. The Balaban J connectivity index is 2.27. The highest BCUT2D eigenvalue weighted by molar-refractivity contribution is 5.35. The molecule has 1 aromatic rings. The van der Waals surface area contributed by atoms with Crippen molar-refractivity contribution in [1.82, 2.24) is 10.2 Å². The van der Waals surface area contributed by atoms with Gasteiger partial charge in [0.1, 0.15) is 0 Å². The summed E-state index contributed by atoms with van der Waals surface area (Å²) in [6.45, 7) is 12.7. The average molecular weight is 230 g/mol. The van der Waals surface area contributed by atoms with Crippen LogP contribution >= 0.6 is 0 Å². The van der Waals surface area contributed by atoms with Crippen molar-refractivity contribution in [2.24, 2.45) is 0 Å². The quantitative estimate of drug-likeness (QED) is 0.802. The first-order valence-corrected chi connectivity index (χ1v) is 6.37. The fraction of sp³-hybridized carbons (Fsp3) is 0.467. The van der Waals surface area contributed by atoms with Crippen molar-refractivity contribution < 1.29 is 0 Å². The second-order valence-corrected chi connectivity index (χ2v) is 4.83. The van der Waals surface area contributed by atoms with Crippen LogP contribution in [0.1, 0.15) is 22.7 Å². The van der Waals surface area contributed by atoms with E-state index >= 15 is 0 Å². The molecule has 0 saturated carbocycles. The van der Waals surface area contributed by atoms with E-state index in [9.17, 15) is 0 Å². The second-order valence-electron chi connectivity index (χ2n) is 4.83. The van der Waals surface area contributed by atoms with Crippen molar-refractivity contribution in [2.45, 2.75) is 19.9 Å². The molecule has 1 saturated heterocycles. The molecule has 0 radical (unpaired) electrons. The Kier molecular flexibility index (Phi) is 3.97. The van der Waals surface area contributed by atoms with Crippen LogP contribution in [0, 0.1) is 13.8 Å². The van der Waals surface area contributed by atoms with Crippen LogP contribution in [0.5, 0.6) is 0 Å². The molecule has 1 heterocycles. The van der Waals surface area contributed by atoms with Gasteiger partial charge in [-0.2, -0.15) is 0 Å². The predicted octanol–water partition coefficient (Wildman–Crippen LogP) is 2.44. The standard InChI is InChI=1S/C15H22N2/c1-4-15(17-9-7-16-8-10-17)14-11-12(2)5-6-13(14)3/h4-6,11,15-16H,1,7-10H2,2-3H3/t15-/m0/s1. The van der Waals surface area contributed by atoms with E-state index in [0.29, 0.717) is 6.04 Å². The van der Waals surface area contributed by atoms with Crippen molar-refractivity contribution in [1.29, 1.82) is 0 Å². The van der Waals surface area contributed by atoms with Gasteiger partial charge in [0.25, 0.3) is 0 Å². The molecule has 1 aromatic carbocycles. The fourth-order valence-corrected chi connectivity index (χ4v) is 2.51. The van der Waals surface area contributed by atoms with E-state index in [4.69, 9.17) is 0 Å². The predicted molar refractivity (Wildman–Crippen MR) is 73.3 cm³/mol. The lowest BCUT2D eigenvalue weighted by atomic mass is 9.97. The number of nitrogens with zero attached hydrogens (tertiary/aromatic N) is 1. The molecule has 1 fully saturated rings. The van der Waals surface area contributed by atoms with Crippen LogP contribution in [0.25, 0.3) is 0 Å². The van der Waals surface area contributed by atoms with Crippen molar-refractivity contribution in [2.75, 3.05) is 26.2 Å². The molecule has 0 spiro atoms. The van der Waals surface area contributed by atoms with Gasteiger partial charge in [0.15, 0.2) is 0 Å². The SMILES string of the molecule is C=C[C@@H](c1cc(C)ccc1C)N1CCNCC1. The zero-order valence-corrected chi connectivity index (χ0v) is 10.9. The molecule has 2 heteroatoms. The molecule has 0 amide bonds. The first-order valence-electron chi connectivity index (χ1n) is 6.37. The maximum Gasteiger partial charge on any atom is 0.0532 e. The topological polar surface area (TPSA) is 15.3 Å². The third-order valence-corrected chi connectivity index (χ3v) is 3.52. The summed E-state index contributed by atoms with van der Waals surface area (Å²) >= 11 is 0. The van der Waals surface area contributed by atoms with Gasteiger partial charge in [0.05, 0.1) is 6.04 Å². The van der Waals surface area contributed by atoms with Gasteiger partial charge in [-0.3, -0.25) is 4.90 Å². The maximum absolute atomic E-state index is 4.02. The Hall–Kier alpha value is -1.12. The number of piperazine rings is 1. The van der Waals surface area contributed by atoms with Gasteiger partial charge in [-0.05, 0) is 25.0 Å². The molecule has 0 aliphatic carbocycles. The van der Waals surface area contributed by atoms with Crippen LogP contribution < -0.4 is 5.32 Å². The average Bonchev–Trinajstić information content (AvgIpc) is 2.36. The van der Waals surface area contributed by atoms with Gasteiger partial charge in [-0.25, -0.2) is 0 Å². The van der Waals surface area contributed by atoms with Gasteiger partial charge in [0, 0.05) is 26.2 Å². The highest BCUT2D eigenvalue weighted by atomic mass is 15.2. The zero-order valence-electron chi connectivity index (χ0n) is 10.9. The molecule has 0 bridgehead atoms. The minimum atomic E-state index is 0.358. The molecule has 2 rings (SSSR count). The Morgan fingerprint density at radius 2 is 2.00 bits per heavy atom. The molecule has 0 unspecified atom stereocenters. The van der Waals surface area contributed by atoms with E-state index < -0.39 is 0 Å². The summed E-state index contributed by atoms with van der Waals surface area (Å²) in [5.74, 6) is 0. The lowest BCUT2D eigenvalue weighted by molar-refractivity contribution is 0.203. The molecule has 92 valence electrons.